The lowest BCUT2D eigenvalue weighted by Gasteiger charge is -2.13. The number of hydrogen-bond acceptors (Lipinski definition) is 3. The summed E-state index contributed by atoms with van der Waals surface area (Å²) in [6.45, 7) is 1.72. The van der Waals surface area contributed by atoms with E-state index in [-0.39, 0.29) is 4.90 Å². The van der Waals surface area contributed by atoms with Crippen LogP contribution in [-0.2, 0) is 10.0 Å². The number of sulfonamides is 1. The minimum absolute atomic E-state index is 0.151. The molecule has 0 atom stereocenters. The van der Waals surface area contributed by atoms with Gasteiger partial charge in [0.25, 0.3) is 10.0 Å². The lowest BCUT2D eigenvalue weighted by atomic mass is 10.2. The Morgan fingerprint density at radius 2 is 1.71 bits per heavy atom. The van der Waals surface area contributed by atoms with E-state index in [1.54, 1.807) is 31.2 Å². The third kappa shape index (κ3) is 3.80. The third-order valence-electron chi connectivity index (χ3n) is 2.76. The van der Waals surface area contributed by atoms with Crippen molar-refractivity contribution in [3.63, 3.8) is 0 Å². The molecular weight excluding hydrogens is 488 g/mol. The Labute approximate surface area is 148 Å². The smallest absolute Gasteiger partial charge is 0.262 e. The fraction of sp³-hybridized carbons (Fsp3) is 0.0769. The molecule has 0 aliphatic heterocycles. The van der Waals surface area contributed by atoms with E-state index in [0.29, 0.717) is 25.9 Å². The summed E-state index contributed by atoms with van der Waals surface area (Å²) >= 11 is 9.93. The second kappa shape index (κ2) is 6.28. The summed E-state index contributed by atoms with van der Waals surface area (Å²) in [4.78, 5) is 0.151. The molecule has 2 aromatic rings. The normalized spacial score (nSPS) is 11.4. The molecule has 4 nitrogen and oxygen atoms in total. The van der Waals surface area contributed by atoms with Crippen LogP contribution in [0.4, 0.5) is 11.4 Å². The van der Waals surface area contributed by atoms with Crippen molar-refractivity contribution < 1.29 is 8.42 Å². The first kappa shape index (κ1) is 16.8. The molecule has 0 fully saturated rings. The maximum atomic E-state index is 12.5. The second-order valence-corrected chi connectivity index (χ2v) is 8.64. The number of hydrogen-bond donors (Lipinski definition) is 2. The van der Waals surface area contributed by atoms with Crippen LogP contribution in [-0.4, -0.2) is 8.42 Å². The highest BCUT2D eigenvalue weighted by atomic mass is 79.9. The molecule has 0 heterocycles. The lowest BCUT2D eigenvalue weighted by molar-refractivity contribution is 0.600. The predicted molar refractivity (Wildman–Crippen MR) is 95.9 cm³/mol. The predicted octanol–water partition coefficient (Wildman–Crippen LogP) is 4.67. The lowest BCUT2D eigenvalue weighted by Crippen LogP contribution is -2.15. The van der Waals surface area contributed by atoms with Gasteiger partial charge in [-0.25, -0.2) is 8.42 Å². The number of rotatable bonds is 3. The van der Waals surface area contributed by atoms with Gasteiger partial charge in [-0.3, -0.25) is 4.72 Å². The molecule has 0 aliphatic rings. The first-order valence-corrected chi connectivity index (χ1v) is 9.60. The molecule has 2 aromatic carbocycles. The largest absolute Gasteiger partial charge is 0.398 e. The highest BCUT2D eigenvalue weighted by Gasteiger charge is 2.19. The average Bonchev–Trinajstić information content (AvgIpc) is 2.37. The highest BCUT2D eigenvalue weighted by Crippen LogP contribution is 2.31. The summed E-state index contributed by atoms with van der Waals surface area (Å²) in [7, 11) is -3.71. The molecule has 0 saturated heterocycles. The first-order valence-electron chi connectivity index (χ1n) is 5.74. The maximum Gasteiger partial charge on any atom is 0.262 e. The van der Waals surface area contributed by atoms with Crippen molar-refractivity contribution in [1.82, 2.24) is 0 Å². The van der Waals surface area contributed by atoms with Crippen LogP contribution >= 0.6 is 47.8 Å². The first-order chi connectivity index (χ1) is 9.70. The van der Waals surface area contributed by atoms with Gasteiger partial charge in [-0.2, -0.15) is 0 Å². The number of nitrogen functional groups attached to an aromatic ring is 1. The van der Waals surface area contributed by atoms with E-state index >= 15 is 0 Å². The van der Waals surface area contributed by atoms with Crippen molar-refractivity contribution in [2.24, 2.45) is 0 Å². The minimum atomic E-state index is -3.71. The van der Waals surface area contributed by atoms with Crippen LogP contribution in [0, 0.1) is 6.92 Å². The maximum absolute atomic E-state index is 12.5. The SMILES string of the molecule is Cc1cc(Br)c(N)cc1S(=O)(=O)Nc1ccc(Br)cc1Br. The molecule has 0 radical (unpaired) electrons. The number of benzene rings is 2. The summed E-state index contributed by atoms with van der Waals surface area (Å²) in [5.74, 6) is 0. The van der Waals surface area contributed by atoms with Crippen molar-refractivity contribution in [3.8, 4) is 0 Å². The van der Waals surface area contributed by atoms with E-state index in [1.807, 2.05) is 0 Å². The van der Waals surface area contributed by atoms with Crippen LogP contribution in [0.2, 0.25) is 0 Å². The molecule has 0 bridgehead atoms. The molecule has 0 aromatic heterocycles. The molecule has 8 heteroatoms. The van der Waals surface area contributed by atoms with Crippen LogP contribution in [0.15, 0.2) is 48.6 Å². The van der Waals surface area contributed by atoms with Gasteiger partial charge in [0.2, 0.25) is 0 Å². The Kier molecular flexibility index (Phi) is 5.02. The van der Waals surface area contributed by atoms with Crippen molar-refractivity contribution >= 4 is 69.2 Å². The second-order valence-electron chi connectivity index (χ2n) is 4.37. The Bertz CT molecular complexity index is 807. The van der Waals surface area contributed by atoms with Crippen molar-refractivity contribution in [2.75, 3.05) is 10.5 Å². The average molecular weight is 499 g/mol. The topological polar surface area (TPSA) is 72.2 Å². The summed E-state index contributed by atoms with van der Waals surface area (Å²) in [6.07, 6.45) is 0. The molecule has 0 unspecified atom stereocenters. The van der Waals surface area contributed by atoms with Crippen molar-refractivity contribution in [2.45, 2.75) is 11.8 Å². The highest BCUT2D eigenvalue weighted by molar-refractivity contribution is 9.11. The Hall–Kier alpha value is -0.570. The van der Waals surface area contributed by atoms with Gasteiger partial charge < -0.3 is 5.73 Å². The van der Waals surface area contributed by atoms with Crippen LogP contribution in [0.5, 0.6) is 0 Å². The molecule has 2 rings (SSSR count). The fourth-order valence-electron chi connectivity index (χ4n) is 1.73. The molecular formula is C13H11Br3N2O2S. The van der Waals surface area contributed by atoms with E-state index in [1.165, 1.54) is 6.07 Å². The van der Waals surface area contributed by atoms with E-state index in [2.05, 4.69) is 52.5 Å². The van der Waals surface area contributed by atoms with Crippen LogP contribution < -0.4 is 10.5 Å². The number of nitrogens with one attached hydrogen (secondary N) is 1. The number of anilines is 2. The Morgan fingerprint density at radius 3 is 2.33 bits per heavy atom. The quantitative estimate of drug-likeness (QED) is 0.604. The molecule has 3 N–H and O–H groups in total. The van der Waals surface area contributed by atoms with Crippen molar-refractivity contribution in [1.29, 1.82) is 0 Å². The van der Waals surface area contributed by atoms with E-state index in [9.17, 15) is 8.42 Å². The number of halogens is 3. The van der Waals surface area contributed by atoms with Crippen molar-refractivity contribution in [3.05, 3.63) is 49.3 Å². The molecule has 0 saturated carbocycles. The zero-order chi connectivity index (χ0) is 15.8. The van der Waals surface area contributed by atoms with E-state index in [4.69, 9.17) is 5.73 Å². The summed E-state index contributed by atoms with van der Waals surface area (Å²) in [6, 6.07) is 8.31. The summed E-state index contributed by atoms with van der Waals surface area (Å²) in [5.41, 5.74) is 7.21. The van der Waals surface area contributed by atoms with E-state index < -0.39 is 10.0 Å². The van der Waals surface area contributed by atoms with Gasteiger partial charge in [-0.1, -0.05) is 15.9 Å². The Morgan fingerprint density at radius 1 is 1.05 bits per heavy atom. The monoisotopic (exact) mass is 496 g/mol. The van der Waals surface area contributed by atoms with Gasteiger partial charge in [0, 0.05) is 19.1 Å². The molecule has 112 valence electrons. The van der Waals surface area contributed by atoms with Crippen LogP contribution in [0.1, 0.15) is 5.56 Å². The van der Waals surface area contributed by atoms with Gasteiger partial charge in [-0.05, 0) is 74.7 Å². The standard InChI is InChI=1S/C13H11Br3N2O2S/c1-7-4-9(15)11(17)6-13(7)21(19,20)18-12-3-2-8(14)5-10(12)16/h2-6,18H,17H2,1H3. The number of aryl methyl sites for hydroxylation is 1. The molecule has 0 aliphatic carbocycles. The van der Waals surface area contributed by atoms with Gasteiger partial charge in [0.05, 0.1) is 10.6 Å². The Balaban J connectivity index is 2.46. The summed E-state index contributed by atoms with van der Waals surface area (Å²) in [5, 5.41) is 0. The van der Waals surface area contributed by atoms with Gasteiger partial charge in [0.1, 0.15) is 0 Å². The van der Waals surface area contributed by atoms with Crippen LogP contribution in [0.3, 0.4) is 0 Å². The van der Waals surface area contributed by atoms with Crippen LogP contribution in [0.25, 0.3) is 0 Å². The zero-order valence-electron chi connectivity index (χ0n) is 10.8. The zero-order valence-corrected chi connectivity index (χ0v) is 16.4. The molecule has 0 amide bonds. The fourth-order valence-corrected chi connectivity index (χ4v) is 4.81. The third-order valence-corrected chi connectivity index (χ3v) is 6.10. The molecule has 21 heavy (non-hydrogen) atoms. The van der Waals surface area contributed by atoms with Gasteiger partial charge in [0.15, 0.2) is 0 Å². The van der Waals surface area contributed by atoms with Gasteiger partial charge in [-0.15, -0.1) is 0 Å². The van der Waals surface area contributed by atoms with E-state index in [0.717, 1.165) is 4.47 Å². The van der Waals surface area contributed by atoms with Gasteiger partial charge >= 0.3 is 0 Å². The summed E-state index contributed by atoms with van der Waals surface area (Å²) < 4.78 is 29.7. The molecule has 0 spiro atoms. The minimum Gasteiger partial charge on any atom is -0.398 e. The number of nitrogens with two attached hydrogens (primary N) is 1.